The van der Waals surface area contributed by atoms with Gasteiger partial charge in [-0.1, -0.05) is 27.5 Å². The number of carbonyl (C=O) groups is 2. The number of hydrogen-bond acceptors (Lipinski definition) is 3. The molecule has 0 aliphatic heterocycles. The molecule has 0 aliphatic carbocycles. The predicted octanol–water partition coefficient (Wildman–Crippen LogP) is 3.46. The second-order valence-corrected chi connectivity index (χ2v) is 5.68. The van der Waals surface area contributed by atoms with Gasteiger partial charge in [0.05, 0.1) is 23.4 Å². The summed E-state index contributed by atoms with van der Waals surface area (Å²) in [4.78, 5) is 23.6. The Balaban J connectivity index is 2.36. The lowest BCUT2D eigenvalue weighted by molar-refractivity contribution is 0.0996. The van der Waals surface area contributed by atoms with Crippen LogP contribution in [0.5, 0.6) is 5.75 Å². The maximum absolute atomic E-state index is 12.3. The lowest BCUT2D eigenvalue weighted by Gasteiger charge is -2.12. The van der Waals surface area contributed by atoms with E-state index in [1.54, 1.807) is 24.3 Å². The average molecular weight is 384 g/mol. The fourth-order valence-electron chi connectivity index (χ4n) is 1.82. The van der Waals surface area contributed by atoms with E-state index in [9.17, 15) is 9.59 Å². The van der Waals surface area contributed by atoms with Gasteiger partial charge in [-0.15, -0.1) is 0 Å². The van der Waals surface area contributed by atoms with Crippen LogP contribution in [0.2, 0.25) is 5.02 Å². The summed E-state index contributed by atoms with van der Waals surface area (Å²) in [5.41, 5.74) is 6.13. The number of methoxy groups -OCH3 is 1. The molecule has 0 saturated carbocycles. The van der Waals surface area contributed by atoms with Crippen LogP contribution < -0.4 is 15.8 Å². The van der Waals surface area contributed by atoms with Crippen molar-refractivity contribution in [3.05, 3.63) is 57.0 Å². The van der Waals surface area contributed by atoms with Gasteiger partial charge in [0, 0.05) is 10.0 Å². The average Bonchev–Trinajstić information content (AvgIpc) is 2.49. The van der Waals surface area contributed by atoms with E-state index >= 15 is 0 Å². The van der Waals surface area contributed by atoms with E-state index in [0.717, 1.165) is 4.47 Å². The molecule has 0 spiro atoms. The highest BCUT2D eigenvalue weighted by atomic mass is 79.9. The fraction of sp³-hybridized carbons (Fsp3) is 0.0667. The van der Waals surface area contributed by atoms with Crippen molar-refractivity contribution in [1.82, 2.24) is 0 Å². The highest BCUT2D eigenvalue weighted by Crippen LogP contribution is 2.27. The molecule has 2 aromatic carbocycles. The third kappa shape index (κ3) is 3.58. The van der Waals surface area contributed by atoms with Crippen LogP contribution in [-0.4, -0.2) is 18.9 Å². The Labute approximate surface area is 140 Å². The number of carbonyl (C=O) groups excluding carboxylic acids is 2. The summed E-state index contributed by atoms with van der Waals surface area (Å²) in [5, 5.41) is 2.97. The molecule has 2 aromatic rings. The number of halogens is 2. The maximum Gasteiger partial charge on any atom is 0.257 e. The third-order valence-electron chi connectivity index (χ3n) is 2.91. The molecule has 0 unspecified atom stereocenters. The van der Waals surface area contributed by atoms with E-state index in [-0.39, 0.29) is 5.56 Å². The number of primary amides is 1. The van der Waals surface area contributed by atoms with Crippen LogP contribution >= 0.6 is 27.5 Å². The Morgan fingerprint density at radius 3 is 2.59 bits per heavy atom. The predicted molar refractivity (Wildman–Crippen MR) is 88.6 cm³/mol. The van der Waals surface area contributed by atoms with Crippen LogP contribution in [-0.2, 0) is 0 Å². The van der Waals surface area contributed by atoms with Crippen molar-refractivity contribution >= 4 is 45.0 Å². The Kier molecular flexibility index (Phi) is 5.05. The molecule has 0 bridgehead atoms. The highest BCUT2D eigenvalue weighted by Gasteiger charge is 2.15. The Morgan fingerprint density at radius 1 is 1.23 bits per heavy atom. The molecular formula is C15H12BrClN2O3. The molecule has 22 heavy (non-hydrogen) atoms. The van der Waals surface area contributed by atoms with Crippen molar-refractivity contribution in [1.29, 1.82) is 0 Å². The highest BCUT2D eigenvalue weighted by molar-refractivity contribution is 9.10. The molecule has 0 aliphatic rings. The minimum atomic E-state index is -0.598. The molecule has 0 aromatic heterocycles. The molecule has 5 nitrogen and oxygen atoms in total. The minimum absolute atomic E-state index is 0.261. The van der Waals surface area contributed by atoms with Crippen LogP contribution in [0.25, 0.3) is 0 Å². The van der Waals surface area contributed by atoms with Crippen molar-refractivity contribution < 1.29 is 14.3 Å². The third-order valence-corrected chi connectivity index (χ3v) is 3.73. The van der Waals surface area contributed by atoms with Gasteiger partial charge >= 0.3 is 0 Å². The quantitative estimate of drug-likeness (QED) is 0.848. The molecule has 0 fully saturated rings. The SMILES string of the molecule is COc1ccc(C(N)=O)cc1NC(=O)c1cc(Br)ccc1Cl. The van der Waals surface area contributed by atoms with E-state index in [1.165, 1.54) is 19.2 Å². The second kappa shape index (κ2) is 6.81. The van der Waals surface area contributed by atoms with E-state index in [1.807, 2.05) is 0 Å². The molecule has 0 saturated heterocycles. The number of benzene rings is 2. The van der Waals surface area contributed by atoms with Crippen LogP contribution in [0.1, 0.15) is 20.7 Å². The number of rotatable bonds is 4. The molecule has 2 amide bonds. The normalized spacial score (nSPS) is 10.1. The minimum Gasteiger partial charge on any atom is -0.495 e. The van der Waals surface area contributed by atoms with Gasteiger partial charge in [0.1, 0.15) is 5.75 Å². The molecule has 0 heterocycles. The van der Waals surface area contributed by atoms with Crippen molar-refractivity contribution in [2.45, 2.75) is 0 Å². The topological polar surface area (TPSA) is 81.4 Å². The number of nitrogens with two attached hydrogens (primary N) is 1. The monoisotopic (exact) mass is 382 g/mol. The Bertz CT molecular complexity index is 750. The van der Waals surface area contributed by atoms with E-state index in [0.29, 0.717) is 22.0 Å². The van der Waals surface area contributed by atoms with E-state index in [2.05, 4.69) is 21.2 Å². The summed E-state index contributed by atoms with van der Waals surface area (Å²) in [5.74, 6) is -0.616. The van der Waals surface area contributed by atoms with Crippen LogP contribution in [0.3, 0.4) is 0 Å². The molecule has 0 atom stereocenters. The number of amides is 2. The number of ether oxygens (including phenoxy) is 1. The maximum atomic E-state index is 12.3. The molecule has 2 rings (SSSR count). The Hall–Kier alpha value is -2.05. The van der Waals surface area contributed by atoms with Gasteiger partial charge in [-0.2, -0.15) is 0 Å². The van der Waals surface area contributed by atoms with E-state index in [4.69, 9.17) is 22.1 Å². The Morgan fingerprint density at radius 2 is 1.95 bits per heavy atom. The first kappa shape index (κ1) is 16.3. The summed E-state index contributed by atoms with van der Waals surface area (Å²) in [6, 6.07) is 9.46. The first-order valence-corrected chi connectivity index (χ1v) is 7.33. The van der Waals surface area contributed by atoms with Gasteiger partial charge in [0.2, 0.25) is 5.91 Å². The van der Waals surface area contributed by atoms with Crippen LogP contribution in [0.15, 0.2) is 40.9 Å². The van der Waals surface area contributed by atoms with Crippen molar-refractivity contribution in [2.75, 3.05) is 12.4 Å². The smallest absolute Gasteiger partial charge is 0.257 e. The summed E-state index contributed by atoms with van der Waals surface area (Å²) < 4.78 is 5.88. The van der Waals surface area contributed by atoms with Crippen LogP contribution in [0.4, 0.5) is 5.69 Å². The summed E-state index contributed by atoms with van der Waals surface area (Å²) in [6.07, 6.45) is 0. The standard InChI is InChI=1S/C15H12BrClN2O3/c1-22-13-5-2-8(14(18)20)6-12(13)19-15(21)10-7-9(16)3-4-11(10)17/h2-7H,1H3,(H2,18,20)(H,19,21). The first-order valence-electron chi connectivity index (χ1n) is 6.16. The molecule has 0 radical (unpaired) electrons. The van der Waals surface area contributed by atoms with Crippen molar-refractivity contribution in [2.24, 2.45) is 5.73 Å². The van der Waals surface area contributed by atoms with Crippen molar-refractivity contribution in [3.8, 4) is 5.75 Å². The van der Waals surface area contributed by atoms with Crippen molar-refractivity contribution in [3.63, 3.8) is 0 Å². The second-order valence-electron chi connectivity index (χ2n) is 4.36. The zero-order chi connectivity index (χ0) is 16.3. The zero-order valence-electron chi connectivity index (χ0n) is 11.5. The summed E-state index contributed by atoms with van der Waals surface area (Å²) in [7, 11) is 1.46. The summed E-state index contributed by atoms with van der Waals surface area (Å²) in [6.45, 7) is 0. The van der Waals surface area contributed by atoms with Gasteiger partial charge in [-0.25, -0.2) is 0 Å². The lowest BCUT2D eigenvalue weighted by Crippen LogP contribution is -2.15. The van der Waals surface area contributed by atoms with Gasteiger partial charge in [0.25, 0.3) is 5.91 Å². The zero-order valence-corrected chi connectivity index (χ0v) is 13.9. The number of anilines is 1. The fourth-order valence-corrected chi connectivity index (χ4v) is 2.38. The van der Waals surface area contributed by atoms with Crippen LogP contribution in [0, 0.1) is 0 Å². The van der Waals surface area contributed by atoms with E-state index < -0.39 is 11.8 Å². The van der Waals surface area contributed by atoms with Gasteiger partial charge < -0.3 is 15.8 Å². The van der Waals surface area contributed by atoms with Gasteiger partial charge in [-0.05, 0) is 36.4 Å². The van der Waals surface area contributed by atoms with Gasteiger partial charge in [0.15, 0.2) is 0 Å². The molecule has 7 heteroatoms. The molecular weight excluding hydrogens is 372 g/mol. The number of hydrogen-bond donors (Lipinski definition) is 2. The number of nitrogens with one attached hydrogen (secondary N) is 1. The largest absolute Gasteiger partial charge is 0.495 e. The molecule has 3 N–H and O–H groups in total. The lowest BCUT2D eigenvalue weighted by atomic mass is 10.1. The molecule has 114 valence electrons. The van der Waals surface area contributed by atoms with Gasteiger partial charge in [-0.3, -0.25) is 9.59 Å². The summed E-state index contributed by atoms with van der Waals surface area (Å²) >= 11 is 9.31. The first-order chi connectivity index (χ1) is 10.4.